The Balaban J connectivity index is 0.000000144. The average molecular weight is 196 g/mol. The molecule has 0 amide bonds. The van der Waals surface area contributed by atoms with Gasteiger partial charge in [-0.2, -0.15) is 0 Å². The van der Waals surface area contributed by atoms with Crippen molar-refractivity contribution < 1.29 is 4.42 Å². The summed E-state index contributed by atoms with van der Waals surface area (Å²) in [5.74, 6) is 0. The lowest BCUT2D eigenvalue weighted by molar-refractivity contribution is 0.567. The Kier molecular flexibility index (Phi) is 3.18. The molecule has 0 atom stereocenters. The predicted octanol–water partition coefficient (Wildman–Crippen LogP) is 4.12. The van der Waals surface area contributed by atoms with Crippen molar-refractivity contribution in [1.82, 2.24) is 0 Å². The Morgan fingerprint density at radius 1 is 0.533 bits per heavy atom. The molecule has 0 saturated carbocycles. The van der Waals surface area contributed by atoms with Crippen molar-refractivity contribution in [2.45, 2.75) is 0 Å². The number of furan rings is 1. The second-order valence-corrected chi connectivity index (χ2v) is 3.14. The normalized spacial score (nSPS) is 9.33. The Hall–Kier alpha value is -2.02. The molecule has 0 fully saturated rings. The number of benzene rings is 2. The van der Waals surface area contributed by atoms with Gasteiger partial charge in [0.1, 0.15) is 0 Å². The zero-order chi connectivity index (χ0) is 10.3. The summed E-state index contributed by atoms with van der Waals surface area (Å²) in [4.78, 5) is 0. The molecule has 3 aromatic rings. The van der Waals surface area contributed by atoms with Crippen molar-refractivity contribution >= 4 is 10.8 Å². The molecular weight excluding hydrogens is 184 g/mol. The molecule has 2 aromatic carbocycles. The Bertz CT molecular complexity index is 415. The number of rotatable bonds is 0. The first-order valence-corrected chi connectivity index (χ1v) is 4.88. The lowest BCUT2D eigenvalue weighted by Crippen LogP contribution is -1.67. The minimum atomic E-state index is 1.31. The van der Waals surface area contributed by atoms with Gasteiger partial charge in [-0.1, -0.05) is 48.5 Å². The lowest BCUT2D eigenvalue weighted by atomic mass is 10.1. The third-order valence-corrected chi connectivity index (χ3v) is 2.08. The van der Waals surface area contributed by atoms with Crippen molar-refractivity contribution in [3.63, 3.8) is 0 Å². The molecule has 0 aliphatic carbocycles. The topological polar surface area (TPSA) is 13.1 Å². The molecule has 0 radical (unpaired) electrons. The molecule has 0 bridgehead atoms. The third-order valence-electron chi connectivity index (χ3n) is 2.08. The van der Waals surface area contributed by atoms with E-state index in [9.17, 15) is 0 Å². The largest absolute Gasteiger partial charge is 0.473 e. The summed E-state index contributed by atoms with van der Waals surface area (Å²) in [5.41, 5.74) is 0. The van der Waals surface area contributed by atoms with Crippen LogP contribution in [0.2, 0.25) is 0 Å². The quantitative estimate of drug-likeness (QED) is 0.527. The van der Waals surface area contributed by atoms with Gasteiger partial charge in [0, 0.05) is 0 Å². The van der Waals surface area contributed by atoms with E-state index in [-0.39, 0.29) is 0 Å². The van der Waals surface area contributed by atoms with Gasteiger partial charge in [-0.25, -0.2) is 0 Å². The van der Waals surface area contributed by atoms with Gasteiger partial charge in [0.25, 0.3) is 0 Å². The van der Waals surface area contributed by atoms with E-state index in [0.717, 1.165) is 0 Å². The minimum Gasteiger partial charge on any atom is -0.473 e. The molecule has 0 aliphatic heterocycles. The average Bonchev–Trinajstić information content (AvgIpc) is 2.88. The molecule has 0 saturated heterocycles. The summed E-state index contributed by atoms with van der Waals surface area (Å²) < 4.78 is 4.58. The van der Waals surface area contributed by atoms with Gasteiger partial charge in [0.05, 0.1) is 12.5 Å². The molecular formula is C14H12O. The van der Waals surface area contributed by atoms with Gasteiger partial charge >= 0.3 is 0 Å². The monoisotopic (exact) mass is 196 g/mol. The van der Waals surface area contributed by atoms with Gasteiger partial charge in [-0.15, -0.1) is 0 Å². The second kappa shape index (κ2) is 5.01. The van der Waals surface area contributed by atoms with Gasteiger partial charge in [-0.3, -0.25) is 0 Å². The van der Waals surface area contributed by atoms with E-state index in [1.807, 2.05) is 12.1 Å². The first-order chi connectivity index (χ1) is 7.47. The molecule has 15 heavy (non-hydrogen) atoms. The fourth-order valence-corrected chi connectivity index (χ4v) is 1.36. The fourth-order valence-electron chi connectivity index (χ4n) is 1.36. The molecule has 0 aliphatic rings. The van der Waals surface area contributed by atoms with Crippen molar-refractivity contribution in [2.75, 3.05) is 0 Å². The highest BCUT2D eigenvalue weighted by Crippen LogP contribution is 2.11. The molecule has 1 nitrogen and oxygen atoms in total. The highest BCUT2D eigenvalue weighted by Gasteiger charge is 1.85. The van der Waals surface area contributed by atoms with Crippen LogP contribution in [0.3, 0.4) is 0 Å². The first kappa shape index (κ1) is 9.53. The van der Waals surface area contributed by atoms with E-state index in [4.69, 9.17) is 0 Å². The highest BCUT2D eigenvalue weighted by atomic mass is 16.3. The van der Waals surface area contributed by atoms with Crippen LogP contribution in [-0.4, -0.2) is 0 Å². The van der Waals surface area contributed by atoms with E-state index in [2.05, 4.69) is 52.9 Å². The van der Waals surface area contributed by atoms with Gasteiger partial charge in [0.2, 0.25) is 0 Å². The van der Waals surface area contributed by atoms with Crippen LogP contribution in [-0.2, 0) is 0 Å². The number of hydrogen-bond acceptors (Lipinski definition) is 1. The molecule has 1 heteroatoms. The van der Waals surface area contributed by atoms with Gasteiger partial charge in [-0.05, 0) is 22.9 Å². The summed E-state index contributed by atoms with van der Waals surface area (Å²) in [6.07, 6.45) is 3.25. The van der Waals surface area contributed by atoms with E-state index in [1.165, 1.54) is 10.8 Å². The predicted molar refractivity (Wildman–Crippen MR) is 62.7 cm³/mol. The van der Waals surface area contributed by atoms with Crippen LogP contribution in [0.1, 0.15) is 0 Å². The SMILES string of the molecule is c1ccc2ccccc2c1.c1ccoc1. The smallest absolute Gasteiger partial charge is 0.0902 e. The van der Waals surface area contributed by atoms with E-state index in [0.29, 0.717) is 0 Å². The summed E-state index contributed by atoms with van der Waals surface area (Å²) in [6, 6.07) is 20.4. The second-order valence-electron chi connectivity index (χ2n) is 3.14. The zero-order valence-corrected chi connectivity index (χ0v) is 8.34. The first-order valence-electron chi connectivity index (χ1n) is 4.88. The van der Waals surface area contributed by atoms with Crippen LogP contribution in [0.15, 0.2) is 77.6 Å². The summed E-state index contributed by atoms with van der Waals surface area (Å²) >= 11 is 0. The van der Waals surface area contributed by atoms with Crippen LogP contribution in [0.25, 0.3) is 10.8 Å². The summed E-state index contributed by atoms with van der Waals surface area (Å²) in [6.45, 7) is 0. The molecule has 1 heterocycles. The summed E-state index contributed by atoms with van der Waals surface area (Å²) in [7, 11) is 0. The standard InChI is InChI=1S/C10H8.C4H4O/c1-2-6-10-8-4-3-7-9(10)5-1;1-2-4-5-3-1/h1-8H;1-4H. The maximum atomic E-state index is 4.58. The van der Waals surface area contributed by atoms with Crippen LogP contribution < -0.4 is 0 Å². The van der Waals surface area contributed by atoms with Crippen LogP contribution >= 0.6 is 0 Å². The molecule has 3 rings (SSSR count). The van der Waals surface area contributed by atoms with Crippen LogP contribution in [0.4, 0.5) is 0 Å². The summed E-state index contributed by atoms with van der Waals surface area (Å²) in [5, 5.41) is 2.62. The molecule has 1 aromatic heterocycles. The molecule has 0 spiro atoms. The Labute approximate surface area is 89.0 Å². The number of fused-ring (bicyclic) bond motifs is 1. The van der Waals surface area contributed by atoms with Crippen LogP contribution in [0, 0.1) is 0 Å². The maximum Gasteiger partial charge on any atom is 0.0902 e. The van der Waals surface area contributed by atoms with Crippen molar-refractivity contribution in [2.24, 2.45) is 0 Å². The van der Waals surface area contributed by atoms with E-state index in [1.54, 1.807) is 12.5 Å². The van der Waals surface area contributed by atoms with Gasteiger partial charge in [0.15, 0.2) is 0 Å². The van der Waals surface area contributed by atoms with E-state index < -0.39 is 0 Å². The third kappa shape index (κ3) is 2.71. The molecule has 74 valence electrons. The van der Waals surface area contributed by atoms with Crippen molar-refractivity contribution in [3.05, 3.63) is 73.2 Å². The van der Waals surface area contributed by atoms with E-state index >= 15 is 0 Å². The van der Waals surface area contributed by atoms with Crippen molar-refractivity contribution in [3.8, 4) is 0 Å². The Morgan fingerprint density at radius 2 is 0.933 bits per heavy atom. The molecule has 0 unspecified atom stereocenters. The highest BCUT2D eigenvalue weighted by molar-refractivity contribution is 5.81. The fraction of sp³-hybridized carbons (Fsp3) is 0. The van der Waals surface area contributed by atoms with Crippen molar-refractivity contribution in [1.29, 1.82) is 0 Å². The zero-order valence-electron chi connectivity index (χ0n) is 8.34. The van der Waals surface area contributed by atoms with Gasteiger partial charge < -0.3 is 4.42 Å². The van der Waals surface area contributed by atoms with Crippen LogP contribution in [0.5, 0.6) is 0 Å². The Morgan fingerprint density at radius 3 is 1.20 bits per heavy atom. The number of hydrogen-bond donors (Lipinski definition) is 0. The molecule has 0 N–H and O–H groups in total. The maximum absolute atomic E-state index is 4.58. The lowest BCUT2D eigenvalue weighted by Gasteiger charge is -1.92. The minimum absolute atomic E-state index is 1.31.